The predicted molar refractivity (Wildman–Crippen MR) is 57.3 cm³/mol. The number of nitrogens with zero attached hydrogens (tertiary/aromatic N) is 2. The van der Waals surface area contributed by atoms with Crippen molar-refractivity contribution in [3.63, 3.8) is 0 Å². The molecule has 0 unspecified atom stereocenters. The number of hydrogen-bond donors (Lipinski definition) is 2. The van der Waals surface area contributed by atoms with Crippen LogP contribution in [0, 0.1) is 10.1 Å². The highest BCUT2D eigenvalue weighted by molar-refractivity contribution is 5.78. The van der Waals surface area contributed by atoms with Gasteiger partial charge in [-0.3, -0.25) is 10.1 Å². The van der Waals surface area contributed by atoms with Gasteiger partial charge in [0, 0.05) is 18.7 Å². The lowest BCUT2D eigenvalue weighted by molar-refractivity contribution is -0.384. The molecule has 0 aliphatic heterocycles. The molecule has 0 fully saturated rings. The number of hydrogen-bond acceptors (Lipinski definition) is 5. The summed E-state index contributed by atoms with van der Waals surface area (Å²) >= 11 is 0. The number of nitro groups is 1. The van der Waals surface area contributed by atoms with Gasteiger partial charge in [0.25, 0.3) is 11.7 Å². The number of benzene rings is 1. The number of aromatic amines is 1. The van der Waals surface area contributed by atoms with Crippen molar-refractivity contribution in [2.75, 3.05) is 13.2 Å². The van der Waals surface area contributed by atoms with E-state index in [1.165, 1.54) is 12.1 Å². The molecule has 2 rings (SSSR count). The third-order valence-corrected chi connectivity index (χ3v) is 2.01. The summed E-state index contributed by atoms with van der Waals surface area (Å²) in [6.07, 6.45) is 0. The number of imidazole rings is 1. The zero-order valence-electron chi connectivity index (χ0n) is 8.34. The monoisotopic (exact) mass is 222 g/mol. The molecule has 0 aliphatic carbocycles. The van der Waals surface area contributed by atoms with E-state index < -0.39 is 4.92 Å². The predicted octanol–water partition coefficient (Wildman–Crippen LogP) is 0.809. The number of nitro benzene ring substituents is 1. The average Bonchev–Trinajstić information content (AvgIpc) is 2.67. The van der Waals surface area contributed by atoms with E-state index in [2.05, 4.69) is 9.97 Å². The Morgan fingerprint density at radius 3 is 3.06 bits per heavy atom. The Labute approximate surface area is 90.4 Å². The molecule has 1 aromatic carbocycles. The van der Waals surface area contributed by atoms with Gasteiger partial charge < -0.3 is 15.5 Å². The lowest BCUT2D eigenvalue weighted by atomic mass is 10.3. The Balaban J connectivity index is 2.34. The molecule has 0 amide bonds. The first-order valence-corrected chi connectivity index (χ1v) is 4.68. The molecule has 0 spiro atoms. The van der Waals surface area contributed by atoms with E-state index in [1.54, 1.807) is 6.07 Å². The summed E-state index contributed by atoms with van der Waals surface area (Å²) in [5.41, 5.74) is 6.49. The first-order valence-electron chi connectivity index (χ1n) is 4.68. The lowest BCUT2D eigenvalue weighted by Gasteiger charge is -1.96. The molecular weight excluding hydrogens is 212 g/mol. The number of aromatic nitrogens is 2. The number of H-pyrrole nitrogens is 1. The molecule has 0 bridgehead atoms. The fourth-order valence-corrected chi connectivity index (χ4v) is 1.31. The second-order valence-corrected chi connectivity index (χ2v) is 3.14. The highest BCUT2D eigenvalue weighted by Crippen LogP contribution is 2.21. The Morgan fingerprint density at radius 2 is 2.38 bits per heavy atom. The minimum absolute atomic E-state index is 0.0153. The molecule has 3 N–H and O–H groups in total. The minimum atomic E-state index is -0.458. The highest BCUT2D eigenvalue weighted by atomic mass is 16.6. The molecule has 2 aromatic rings. The van der Waals surface area contributed by atoms with Crippen molar-refractivity contribution < 1.29 is 9.66 Å². The van der Waals surface area contributed by atoms with Gasteiger partial charge in [-0.1, -0.05) is 0 Å². The van der Waals surface area contributed by atoms with Gasteiger partial charge in [0.05, 0.1) is 16.0 Å². The molecule has 7 heteroatoms. The largest absolute Gasteiger partial charge is 0.463 e. The van der Waals surface area contributed by atoms with Gasteiger partial charge in [-0.25, -0.2) is 0 Å². The minimum Gasteiger partial charge on any atom is -0.463 e. The molecule has 16 heavy (non-hydrogen) atoms. The fraction of sp³-hybridized carbons (Fsp3) is 0.222. The maximum Gasteiger partial charge on any atom is 0.294 e. The molecule has 0 saturated carbocycles. The van der Waals surface area contributed by atoms with E-state index in [4.69, 9.17) is 10.5 Å². The summed E-state index contributed by atoms with van der Waals surface area (Å²) in [4.78, 5) is 17.0. The van der Waals surface area contributed by atoms with Crippen LogP contribution in [0.25, 0.3) is 11.0 Å². The number of fused-ring (bicyclic) bond motifs is 1. The normalized spacial score (nSPS) is 10.6. The Kier molecular flexibility index (Phi) is 2.69. The Hall–Kier alpha value is -2.15. The SMILES string of the molecule is NCCOc1nc2ccc([N+](=O)[O-])cc2[nH]1. The first-order chi connectivity index (χ1) is 7.70. The second kappa shape index (κ2) is 4.15. The number of nitrogens with one attached hydrogen (secondary N) is 1. The van der Waals surface area contributed by atoms with Crippen molar-refractivity contribution in [1.29, 1.82) is 0 Å². The van der Waals surface area contributed by atoms with Crippen LogP contribution in [-0.4, -0.2) is 28.0 Å². The van der Waals surface area contributed by atoms with Crippen LogP contribution in [0.2, 0.25) is 0 Å². The van der Waals surface area contributed by atoms with Gasteiger partial charge in [-0.05, 0) is 6.07 Å². The topological polar surface area (TPSA) is 107 Å². The second-order valence-electron chi connectivity index (χ2n) is 3.14. The zero-order valence-corrected chi connectivity index (χ0v) is 8.34. The molecule has 84 valence electrons. The number of rotatable bonds is 4. The third-order valence-electron chi connectivity index (χ3n) is 2.01. The van der Waals surface area contributed by atoms with E-state index in [0.29, 0.717) is 30.2 Å². The van der Waals surface area contributed by atoms with Crippen LogP contribution in [0.4, 0.5) is 5.69 Å². The number of nitrogens with two attached hydrogens (primary N) is 1. The van der Waals surface area contributed by atoms with Gasteiger partial charge in [0.1, 0.15) is 6.61 Å². The van der Waals surface area contributed by atoms with E-state index >= 15 is 0 Å². The summed E-state index contributed by atoms with van der Waals surface area (Å²) in [6, 6.07) is 4.70. The van der Waals surface area contributed by atoms with Crippen LogP contribution < -0.4 is 10.5 Å². The van der Waals surface area contributed by atoms with Crippen LogP contribution in [0.1, 0.15) is 0 Å². The van der Waals surface area contributed by atoms with Gasteiger partial charge in [0.15, 0.2) is 0 Å². The number of non-ortho nitro benzene ring substituents is 1. The molecule has 0 atom stereocenters. The molecule has 1 heterocycles. The van der Waals surface area contributed by atoms with Gasteiger partial charge in [-0.15, -0.1) is 0 Å². The summed E-state index contributed by atoms with van der Waals surface area (Å²) in [5.74, 6) is 0. The van der Waals surface area contributed by atoms with Crippen LogP contribution in [0.15, 0.2) is 18.2 Å². The maximum atomic E-state index is 10.5. The summed E-state index contributed by atoms with van der Waals surface area (Å²) < 4.78 is 5.18. The lowest BCUT2D eigenvalue weighted by Crippen LogP contribution is -2.11. The standard InChI is InChI=1S/C9H10N4O3/c10-3-4-16-9-11-7-2-1-6(13(14)15)5-8(7)12-9/h1-2,5H,3-4,10H2,(H,11,12). The van der Waals surface area contributed by atoms with Crippen molar-refractivity contribution in [3.8, 4) is 6.01 Å². The van der Waals surface area contributed by atoms with Crippen molar-refractivity contribution in [3.05, 3.63) is 28.3 Å². The average molecular weight is 222 g/mol. The first kappa shape index (κ1) is 10.4. The summed E-state index contributed by atoms with van der Waals surface area (Å²) in [6.45, 7) is 0.735. The third kappa shape index (κ3) is 1.94. The van der Waals surface area contributed by atoms with Crippen molar-refractivity contribution >= 4 is 16.7 Å². The molecule has 0 saturated heterocycles. The number of ether oxygens (including phenoxy) is 1. The fourth-order valence-electron chi connectivity index (χ4n) is 1.31. The van der Waals surface area contributed by atoms with E-state index in [0.717, 1.165) is 0 Å². The van der Waals surface area contributed by atoms with Crippen molar-refractivity contribution in [1.82, 2.24) is 9.97 Å². The quantitative estimate of drug-likeness (QED) is 0.587. The van der Waals surface area contributed by atoms with Crippen LogP contribution in [0.3, 0.4) is 0 Å². The maximum absolute atomic E-state index is 10.5. The zero-order chi connectivity index (χ0) is 11.5. The molecule has 1 aromatic heterocycles. The van der Waals surface area contributed by atoms with E-state index in [1.807, 2.05) is 0 Å². The van der Waals surface area contributed by atoms with Crippen LogP contribution in [0.5, 0.6) is 6.01 Å². The van der Waals surface area contributed by atoms with Crippen molar-refractivity contribution in [2.24, 2.45) is 5.73 Å². The molecular formula is C9H10N4O3. The molecule has 7 nitrogen and oxygen atoms in total. The van der Waals surface area contributed by atoms with Gasteiger partial charge >= 0.3 is 0 Å². The highest BCUT2D eigenvalue weighted by Gasteiger charge is 2.09. The Morgan fingerprint density at radius 1 is 1.56 bits per heavy atom. The Bertz CT molecular complexity index is 522. The van der Waals surface area contributed by atoms with Gasteiger partial charge in [0.2, 0.25) is 0 Å². The summed E-state index contributed by atoms with van der Waals surface area (Å²) in [5, 5.41) is 10.5. The van der Waals surface area contributed by atoms with Crippen molar-refractivity contribution in [2.45, 2.75) is 0 Å². The smallest absolute Gasteiger partial charge is 0.294 e. The van der Waals surface area contributed by atoms with Gasteiger partial charge in [-0.2, -0.15) is 4.98 Å². The van der Waals surface area contributed by atoms with Crippen LogP contribution >= 0.6 is 0 Å². The van der Waals surface area contributed by atoms with E-state index in [-0.39, 0.29) is 5.69 Å². The van der Waals surface area contributed by atoms with E-state index in [9.17, 15) is 10.1 Å². The molecule has 0 aliphatic rings. The van der Waals surface area contributed by atoms with Crippen LogP contribution in [-0.2, 0) is 0 Å². The molecule has 0 radical (unpaired) electrons. The summed E-state index contributed by atoms with van der Waals surface area (Å²) in [7, 11) is 0.